The first-order valence-corrected chi connectivity index (χ1v) is 6.65. The fourth-order valence-electron chi connectivity index (χ4n) is 1.92. The SMILES string of the molecule is COc1ccc(Cc2noc([C@H](N)CC(C)C)n2)cn1. The average Bonchev–Trinajstić information content (AvgIpc) is 2.87. The molecule has 0 saturated heterocycles. The van der Waals surface area contributed by atoms with E-state index in [4.69, 9.17) is 15.0 Å². The van der Waals surface area contributed by atoms with Crippen molar-refractivity contribution in [1.29, 1.82) is 0 Å². The van der Waals surface area contributed by atoms with Crippen LogP contribution in [0.25, 0.3) is 0 Å². The van der Waals surface area contributed by atoms with Crippen molar-refractivity contribution >= 4 is 0 Å². The second-order valence-corrected chi connectivity index (χ2v) is 5.17. The Morgan fingerprint density at radius 2 is 2.15 bits per heavy atom. The topological polar surface area (TPSA) is 87.1 Å². The van der Waals surface area contributed by atoms with Gasteiger partial charge in [-0.25, -0.2) is 4.98 Å². The van der Waals surface area contributed by atoms with E-state index in [-0.39, 0.29) is 6.04 Å². The maximum atomic E-state index is 6.02. The lowest BCUT2D eigenvalue weighted by Gasteiger charge is -2.08. The van der Waals surface area contributed by atoms with E-state index in [9.17, 15) is 0 Å². The Balaban J connectivity index is 2.01. The highest BCUT2D eigenvalue weighted by atomic mass is 16.5. The minimum absolute atomic E-state index is 0.203. The van der Waals surface area contributed by atoms with Crippen molar-refractivity contribution in [2.75, 3.05) is 7.11 Å². The van der Waals surface area contributed by atoms with Crippen LogP contribution in [-0.4, -0.2) is 22.2 Å². The minimum Gasteiger partial charge on any atom is -0.481 e. The van der Waals surface area contributed by atoms with Crippen LogP contribution in [0, 0.1) is 5.92 Å². The Labute approximate surface area is 118 Å². The molecule has 0 bridgehead atoms. The van der Waals surface area contributed by atoms with Crippen molar-refractivity contribution in [1.82, 2.24) is 15.1 Å². The Morgan fingerprint density at radius 1 is 1.35 bits per heavy atom. The van der Waals surface area contributed by atoms with E-state index in [0.717, 1.165) is 12.0 Å². The van der Waals surface area contributed by atoms with E-state index in [1.54, 1.807) is 19.4 Å². The molecule has 2 N–H and O–H groups in total. The number of pyridine rings is 1. The van der Waals surface area contributed by atoms with Gasteiger partial charge >= 0.3 is 0 Å². The molecule has 0 fully saturated rings. The summed E-state index contributed by atoms with van der Waals surface area (Å²) in [6.45, 7) is 4.22. The summed E-state index contributed by atoms with van der Waals surface area (Å²) in [7, 11) is 1.59. The molecule has 2 aromatic heterocycles. The van der Waals surface area contributed by atoms with Gasteiger partial charge in [0.1, 0.15) is 0 Å². The number of hydrogen-bond acceptors (Lipinski definition) is 6. The molecule has 2 aromatic rings. The quantitative estimate of drug-likeness (QED) is 0.869. The standard InChI is InChI=1S/C14H20N4O2/c1-9(2)6-11(15)14-17-12(18-20-14)7-10-4-5-13(19-3)16-8-10/h4-5,8-9,11H,6-7,15H2,1-3H3/t11-/m1/s1. The zero-order valence-corrected chi connectivity index (χ0v) is 12.0. The van der Waals surface area contributed by atoms with Crippen LogP contribution >= 0.6 is 0 Å². The molecule has 0 spiro atoms. The van der Waals surface area contributed by atoms with Gasteiger partial charge in [-0.1, -0.05) is 25.1 Å². The fraction of sp³-hybridized carbons (Fsp3) is 0.500. The molecule has 20 heavy (non-hydrogen) atoms. The highest BCUT2D eigenvalue weighted by Gasteiger charge is 2.16. The molecule has 108 valence electrons. The van der Waals surface area contributed by atoms with E-state index in [1.165, 1.54) is 0 Å². The summed E-state index contributed by atoms with van der Waals surface area (Å²) in [5, 5.41) is 3.96. The lowest BCUT2D eigenvalue weighted by Crippen LogP contribution is -2.13. The average molecular weight is 276 g/mol. The molecule has 6 heteroatoms. The van der Waals surface area contributed by atoms with Crippen molar-refractivity contribution in [3.05, 3.63) is 35.6 Å². The van der Waals surface area contributed by atoms with Gasteiger partial charge in [-0.05, 0) is 17.9 Å². The van der Waals surface area contributed by atoms with Crippen LogP contribution in [-0.2, 0) is 6.42 Å². The maximum Gasteiger partial charge on any atom is 0.243 e. The third-order valence-corrected chi connectivity index (χ3v) is 2.90. The molecule has 1 atom stereocenters. The molecule has 0 aliphatic heterocycles. The fourth-order valence-corrected chi connectivity index (χ4v) is 1.92. The monoisotopic (exact) mass is 276 g/mol. The lowest BCUT2D eigenvalue weighted by atomic mass is 10.0. The van der Waals surface area contributed by atoms with Gasteiger partial charge in [0, 0.05) is 18.7 Å². The maximum absolute atomic E-state index is 6.02. The van der Waals surface area contributed by atoms with E-state index >= 15 is 0 Å². The van der Waals surface area contributed by atoms with Crippen molar-refractivity contribution in [3.8, 4) is 5.88 Å². The Morgan fingerprint density at radius 3 is 2.75 bits per heavy atom. The second-order valence-electron chi connectivity index (χ2n) is 5.17. The van der Waals surface area contributed by atoms with E-state index in [0.29, 0.717) is 29.9 Å². The molecule has 0 aliphatic rings. The summed E-state index contributed by atoms with van der Waals surface area (Å²) in [6, 6.07) is 3.53. The largest absolute Gasteiger partial charge is 0.481 e. The summed E-state index contributed by atoms with van der Waals surface area (Å²) in [5.41, 5.74) is 7.01. The first-order valence-electron chi connectivity index (χ1n) is 6.65. The highest BCUT2D eigenvalue weighted by molar-refractivity contribution is 5.20. The van der Waals surface area contributed by atoms with Gasteiger partial charge in [0.2, 0.25) is 11.8 Å². The normalized spacial score (nSPS) is 12.7. The second kappa shape index (κ2) is 6.47. The highest BCUT2D eigenvalue weighted by Crippen LogP contribution is 2.18. The van der Waals surface area contributed by atoms with Gasteiger partial charge in [0.25, 0.3) is 0 Å². The molecule has 0 aliphatic carbocycles. The van der Waals surface area contributed by atoms with E-state index < -0.39 is 0 Å². The van der Waals surface area contributed by atoms with Crippen molar-refractivity contribution in [3.63, 3.8) is 0 Å². The molecule has 2 rings (SSSR count). The molecule has 0 amide bonds. The summed E-state index contributed by atoms with van der Waals surface area (Å²) < 4.78 is 10.2. The molecular weight excluding hydrogens is 256 g/mol. The predicted octanol–water partition coefficient (Wildman–Crippen LogP) is 2.11. The first-order chi connectivity index (χ1) is 9.58. The van der Waals surface area contributed by atoms with Crippen LogP contribution in [0.3, 0.4) is 0 Å². The van der Waals surface area contributed by atoms with Gasteiger partial charge in [-0.2, -0.15) is 4.98 Å². The van der Waals surface area contributed by atoms with Gasteiger partial charge in [-0.3, -0.25) is 0 Å². The summed E-state index contributed by atoms with van der Waals surface area (Å²) in [5.74, 6) is 2.19. The smallest absolute Gasteiger partial charge is 0.243 e. The molecule has 0 unspecified atom stereocenters. The number of nitrogens with zero attached hydrogens (tertiary/aromatic N) is 3. The Kier molecular flexibility index (Phi) is 4.68. The van der Waals surface area contributed by atoms with Crippen LogP contribution in [0.5, 0.6) is 5.88 Å². The van der Waals surface area contributed by atoms with Crippen LogP contribution in [0.1, 0.15) is 43.6 Å². The van der Waals surface area contributed by atoms with Crippen molar-refractivity contribution in [2.24, 2.45) is 11.7 Å². The minimum atomic E-state index is -0.203. The molecule has 2 heterocycles. The predicted molar refractivity (Wildman–Crippen MR) is 74.3 cm³/mol. The molecular formula is C14H20N4O2. The molecule has 6 nitrogen and oxygen atoms in total. The summed E-state index contributed by atoms with van der Waals surface area (Å²) in [6.07, 6.45) is 3.13. The number of nitrogens with two attached hydrogens (primary N) is 1. The number of ether oxygens (including phenoxy) is 1. The van der Waals surface area contributed by atoms with Crippen LogP contribution in [0.15, 0.2) is 22.9 Å². The van der Waals surface area contributed by atoms with Gasteiger partial charge < -0.3 is 15.0 Å². The number of hydrogen-bond donors (Lipinski definition) is 1. The summed E-state index contributed by atoms with van der Waals surface area (Å²) >= 11 is 0. The lowest BCUT2D eigenvalue weighted by molar-refractivity contribution is 0.333. The van der Waals surface area contributed by atoms with Crippen LogP contribution in [0.2, 0.25) is 0 Å². The Bertz CT molecular complexity index is 536. The third-order valence-electron chi connectivity index (χ3n) is 2.90. The van der Waals surface area contributed by atoms with E-state index in [1.807, 2.05) is 6.07 Å². The Hall–Kier alpha value is -1.95. The number of rotatable bonds is 6. The zero-order chi connectivity index (χ0) is 14.5. The van der Waals surface area contributed by atoms with Crippen LogP contribution < -0.4 is 10.5 Å². The van der Waals surface area contributed by atoms with Gasteiger partial charge in [0.15, 0.2) is 5.82 Å². The van der Waals surface area contributed by atoms with Gasteiger partial charge in [0.05, 0.1) is 13.2 Å². The molecule has 0 radical (unpaired) electrons. The van der Waals surface area contributed by atoms with Crippen LogP contribution in [0.4, 0.5) is 0 Å². The third kappa shape index (κ3) is 3.77. The van der Waals surface area contributed by atoms with Gasteiger partial charge in [-0.15, -0.1) is 0 Å². The van der Waals surface area contributed by atoms with Crippen molar-refractivity contribution < 1.29 is 9.26 Å². The summed E-state index contributed by atoms with van der Waals surface area (Å²) in [4.78, 5) is 8.48. The number of methoxy groups -OCH3 is 1. The molecule has 0 aromatic carbocycles. The van der Waals surface area contributed by atoms with E-state index in [2.05, 4.69) is 29.0 Å². The number of aromatic nitrogens is 3. The molecule has 0 saturated carbocycles. The first kappa shape index (κ1) is 14.5. The zero-order valence-electron chi connectivity index (χ0n) is 12.0. The van der Waals surface area contributed by atoms with Crippen molar-refractivity contribution in [2.45, 2.75) is 32.7 Å².